The van der Waals surface area contributed by atoms with Gasteiger partial charge in [0.25, 0.3) is 0 Å². The van der Waals surface area contributed by atoms with Crippen LogP contribution < -0.4 is 0 Å². The molecule has 3 rings (SSSR count). The second kappa shape index (κ2) is 6.86. The molecule has 126 valence electrons. The topological polar surface area (TPSA) is 73.2 Å². The van der Waals surface area contributed by atoms with Crippen LogP contribution in [0.25, 0.3) is 0 Å². The number of hydrogen-bond acceptors (Lipinski definition) is 4. The van der Waals surface area contributed by atoms with Crippen LogP contribution in [0.5, 0.6) is 0 Å². The number of aliphatic hydroxyl groups excluding tert-OH is 1. The summed E-state index contributed by atoms with van der Waals surface area (Å²) in [6, 6.07) is 8.33. The number of benzene rings is 1. The Morgan fingerprint density at radius 2 is 1.96 bits per heavy atom. The predicted octanol–water partition coefficient (Wildman–Crippen LogP) is 0.828. The standard InChI is InChI=1S/C17H24N2O4/c20-8-5-15-3-1-2-14(10-15)4-6-18-11-17(12-18)13-19(16(21)22)7-9-23-17/h1-3,10,20H,4-9,11-13H2,(H,21,22). The summed E-state index contributed by atoms with van der Waals surface area (Å²) in [5.41, 5.74) is 2.14. The summed E-state index contributed by atoms with van der Waals surface area (Å²) in [6.45, 7) is 4.15. The number of rotatable bonds is 5. The molecule has 0 aromatic heterocycles. The Labute approximate surface area is 136 Å². The number of carboxylic acid groups (broad SMARTS) is 1. The van der Waals surface area contributed by atoms with Gasteiger partial charge in [-0.1, -0.05) is 24.3 Å². The first-order valence-electron chi connectivity index (χ1n) is 8.13. The van der Waals surface area contributed by atoms with Crippen molar-refractivity contribution < 1.29 is 19.7 Å². The van der Waals surface area contributed by atoms with E-state index < -0.39 is 6.09 Å². The molecule has 6 nitrogen and oxygen atoms in total. The van der Waals surface area contributed by atoms with E-state index in [1.807, 2.05) is 12.1 Å². The fourth-order valence-corrected chi connectivity index (χ4v) is 3.48. The van der Waals surface area contributed by atoms with Gasteiger partial charge in [-0.15, -0.1) is 0 Å². The monoisotopic (exact) mass is 320 g/mol. The Kier molecular flexibility index (Phi) is 4.84. The molecule has 0 unspecified atom stereocenters. The summed E-state index contributed by atoms with van der Waals surface area (Å²) in [6.07, 6.45) is 0.796. The Hall–Kier alpha value is -1.63. The molecule has 2 heterocycles. The molecule has 0 saturated carbocycles. The lowest BCUT2D eigenvalue weighted by Crippen LogP contribution is -2.70. The van der Waals surface area contributed by atoms with Crippen molar-refractivity contribution in [3.63, 3.8) is 0 Å². The molecule has 2 saturated heterocycles. The summed E-state index contributed by atoms with van der Waals surface area (Å²) in [5, 5.41) is 18.1. The molecule has 0 atom stereocenters. The van der Waals surface area contributed by atoms with E-state index in [1.165, 1.54) is 10.5 Å². The number of hydrogen-bond donors (Lipinski definition) is 2. The van der Waals surface area contributed by atoms with Gasteiger partial charge in [0.15, 0.2) is 0 Å². The normalized spacial score (nSPS) is 20.5. The Morgan fingerprint density at radius 1 is 1.22 bits per heavy atom. The van der Waals surface area contributed by atoms with E-state index in [0.717, 1.165) is 31.6 Å². The lowest BCUT2D eigenvalue weighted by atomic mass is 9.91. The molecule has 23 heavy (non-hydrogen) atoms. The Morgan fingerprint density at radius 3 is 2.65 bits per heavy atom. The smallest absolute Gasteiger partial charge is 0.407 e. The summed E-state index contributed by atoms with van der Waals surface area (Å²) < 4.78 is 5.84. The highest BCUT2D eigenvalue weighted by molar-refractivity contribution is 5.65. The van der Waals surface area contributed by atoms with Crippen LogP contribution in [0.15, 0.2) is 24.3 Å². The molecule has 1 aromatic rings. The van der Waals surface area contributed by atoms with Gasteiger partial charge in [-0.2, -0.15) is 0 Å². The fraction of sp³-hybridized carbons (Fsp3) is 0.588. The van der Waals surface area contributed by atoms with Crippen LogP contribution in [0.4, 0.5) is 4.79 Å². The minimum atomic E-state index is -0.855. The van der Waals surface area contributed by atoms with Crippen LogP contribution in [-0.2, 0) is 17.6 Å². The van der Waals surface area contributed by atoms with Crippen LogP contribution in [0.2, 0.25) is 0 Å². The van der Waals surface area contributed by atoms with E-state index >= 15 is 0 Å². The van der Waals surface area contributed by atoms with E-state index in [1.54, 1.807) is 0 Å². The number of likely N-dealkylation sites (tertiary alicyclic amines) is 1. The van der Waals surface area contributed by atoms with Crippen LogP contribution in [0.1, 0.15) is 11.1 Å². The maximum absolute atomic E-state index is 11.1. The Balaban J connectivity index is 1.47. The van der Waals surface area contributed by atoms with Crippen LogP contribution in [-0.4, -0.2) is 77.6 Å². The second-order valence-corrected chi connectivity index (χ2v) is 6.49. The average molecular weight is 320 g/mol. The molecule has 1 amide bonds. The summed E-state index contributed by atoms with van der Waals surface area (Å²) in [4.78, 5) is 14.9. The largest absolute Gasteiger partial charge is 0.465 e. The van der Waals surface area contributed by atoms with E-state index in [4.69, 9.17) is 14.9 Å². The molecule has 2 fully saturated rings. The van der Waals surface area contributed by atoms with Crippen LogP contribution >= 0.6 is 0 Å². The van der Waals surface area contributed by atoms with Gasteiger partial charge in [-0.25, -0.2) is 4.79 Å². The van der Waals surface area contributed by atoms with Crippen molar-refractivity contribution >= 4 is 6.09 Å². The van der Waals surface area contributed by atoms with Crippen molar-refractivity contribution in [2.75, 3.05) is 45.9 Å². The van der Waals surface area contributed by atoms with E-state index in [0.29, 0.717) is 26.1 Å². The molecule has 1 aromatic carbocycles. The quantitative estimate of drug-likeness (QED) is 0.841. The highest BCUT2D eigenvalue weighted by Crippen LogP contribution is 2.29. The molecule has 6 heteroatoms. The number of carbonyl (C=O) groups is 1. The van der Waals surface area contributed by atoms with Crippen LogP contribution in [0.3, 0.4) is 0 Å². The molecule has 0 bridgehead atoms. The lowest BCUT2D eigenvalue weighted by molar-refractivity contribution is -0.177. The van der Waals surface area contributed by atoms with E-state index in [2.05, 4.69) is 17.0 Å². The zero-order valence-corrected chi connectivity index (χ0v) is 13.3. The molecule has 1 spiro atoms. The first-order chi connectivity index (χ1) is 11.1. The van der Waals surface area contributed by atoms with Gasteiger partial charge >= 0.3 is 6.09 Å². The third-order valence-electron chi connectivity index (χ3n) is 4.65. The second-order valence-electron chi connectivity index (χ2n) is 6.49. The number of ether oxygens (including phenoxy) is 1. The lowest BCUT2D eigenvalue weighted by Gasteiger charge is -2.53. The van der Waals surface area contributed by atoms with Gasteiger partial charge in [0, 0.05) is 32.8 Å². The maximum Gasteiger partial charge on any atom is 0.407 e. The van der Waals surface area contributed by atoms with Crippen molar-refractivity contribution in [2.45, 2.75) is 18.4 Å². The molecule has 2 aliphatic heterocycles. The molecule has 2 N–H and O–H groups in total. The third kappa shape index (κ3) is 3.83. The fourth-order valence-electron chi connectivity index (χ4n) is 3.48. The SMILES string of the molecule is O=C(O)N1CCOC2(CN(CCc3cccc(CCO)c3)C2)C1. The van der Waals surface area contributed by atoms with Gasteiger partial charge in [0.1, 0.15) is 5.60 Å². The van der Waals surface area contributed by atoms with Crippen molar-refractivity contribution in [1.82, 2.24) is 9.80 Å². The third-order valence-corrected chi connectivity index (χ3v) is 4.65. The molecule has 0 radical (unpaired) electrons. The maximum atomic E-state index is 11.1. The first kappa shape index (κ1) is 16.2. The van der Waals surface area contributed by atoms with Gasteiger partial charge in [0.05, 0.1) is 13.2 Å². The number of amides is 1. The van der Waals surface area contributed by atoms with E-state index in [-0.39, 0.29) is 12.2 Å². The minimum Gasteiger partial charge on any atom is -0.465 e. The number of nitrogens with zero attached hydrogens (tertiary/aromatic N) is 2. The van der Waals surface area contributed by atoms with Crippen molar-refractivity contribution in [2.24, 2.45) is 0 Å². The number of aliphatic hydroxyl groups is 1. The van der Waals surface area contributed by atoms with E-state index in [9.17, 15) is 4.79 Å². The summed E-state index contributed by atoms with van der Waals surface area (Å²) in [7, 11) is 0. The van der Waals surface area contributed by atoms with Crippen molar-refractivity contribution in [3.8, 4) is 0 Å². The predicted molar refractivity (Wildman–Crippen MR) is 85.7 cm³/mol. The highest BCUT2D eigenvalue weighted by atomic mass is 16.5. The first-order valence-corrected chi connectivity index (χ1v) is 8.13. The van der Waals surface area contributed by atoms with Gasteiger partial charge < -0.3 is 19.8 Å². The molecular weight excluding hydrogens is 296 g/mol. The number of morpholine rings is 1. The van der Waals surface area contributed by atoms with Crippen molar-refractivity contribution in [3.05, 3.63) is 35.4 Å². The van der Waals surface area contributed by atoms with Gasteiger partial charge in [0.2, 0.25) is 0 Å². The van der Waals surface area contributed by atoms with Gasteiger partial charge in [-0.3, -0.25) is 4.90 Å². The molecule has 2 aliphatic rings. The van der Waals surface area contributed by atoms with Crippen LogP contribution in [0, 0.1) is 0 Å². The highest BCUT2D eigenvalue weighted by Gasteiger charge is 2.47. The zero-order chi connectivity index (χ0) is 16.3. The average Bonchev–Trinajstić information content (AvgIpc) is 2.52. The minimum absolute atomic E-state index is 0.176. The molecular formula is C17H24N2O4. The molecule has 0 aliphatic carbocycles. The Bertz CT molecular complexity index is 557. The zero-order valence-electron chi connectivity index (χ0n) is 13.3. The van der Waals surface area contributed by atoms with Gasteiger partial charge in [-0.05, 0) is 24.0 Å². The van der Waals surface area contributed by atoms with Crippen molar-refractivity contribution in [1.29, 1.82) is 0 Å². The summed E-state index contributed by atoms with van der Waals surface area (Å²) in [5.74, 6) is 0. The summed E-state index contributed by atoms with van der Waals surface area (Å²) >= 11 is 0.